The number of amides is 1. The molecule has 0 saturated carbocycles. The van der Waals surface area contributed by atoms with Crippen molar-refractivity contribution in [1.82, 2.24) is 15.1 Å². The molecule has 3 rings (SSSR count). The molecule has 0 bridgehead atoms. The zero-order chi connectivity index (χ0) is 14.7. The molecule has 1 aliphatic heterocycles. The number of para-hydroxylation sites is 2. The number of ether oxygens (including phenoxy) is 2. The molecule has 21 heavy (non-hydrogen) atoms. The van der Waals surface area contributed by atoms with Crippen LogP contribution >= 0.6 is 0 Å². The van der Waals surface area contributed by atoms with Gasteiger partial charge in [0.15, 0.2) is 11.5 Å². The fraction of sp³-hybridized carbons (Fsp3) is 0.333. The standard InChI is InChI=1S/C15H17N3O3/c1-11(9-18-8-4-7-16-18)17-15(19)14-10-20-12-5-2-3-6-13(12)21-14/h2-8,11,14H,9-10H2,1H3,(H,17,19)/t11-,14+/m1/s1. The summed E-state index contributed by atoms with van der Waals surface area (Å²) in [4.78, 5) is 12.2. The van der Waals surface area contributed by atoms with E-state index in [1.807, 2.05) is 37.4 Å². The molecule has 0 saturated heterocycles. The summed E-state index contributed by atoms with van der Waals surface area (Å²) in [6.45, 7) is 2.76. The van der Waals surface area contributed by atoms with Gasteiger partial charge in [-0.15, -0.1) is 0 Å². The van der Waals surface area contributed by atoms with Crippen LogP contribution in [-0.2, 0) is 11.3 Å². The Hall–Kier alpha value is -2.50. The number of hydrogen-bond acceptors (Lipinski definition) is 4. The van der Waals surface area contributed by atoms with Crippen LogP contribution in [0.5, 0.6) is 11.5 Å². The normalized spacial score (nSPS) is 18.0. The van der Waals surface area contributed by atoms with Gasteiger partial charge in [-0.25, -0.2) is 0 Å². The van der Waals surface area contributed by atoms with Crippen molar-refractivity contribution in [2.24, 2.45) is 0 Å². The van der Waals surface area contributed by atoms with E-state index in [2.05, 4.69) is 10.4 Å². The van der Waals surface area contributed by atoms with E-state index in [1.54, 1.807) is 16.9 Å². The Kier molecular flexibility index (Phi) is 3.77. The Balaban J connectivity index is 1.56. The van der Waals surface area contributed by atoms with Crippen molar-refractivity contribution >= 4 is 5.91 Å². The summed E-state index contributed by atoms with van der Waals surface area (Å²) in [5.41, 5.74) is 0. The predicted octanol–water partition coefficient (Wildman–Crippen LogP) is 1.23. The summed E-state index contributed by atoms with van der Waals surface area (Å²) < 4.78 is 13.0. The van der Waals surface area contributed by atoms with E-state index in [9.17, 15) is 4.79 Å². The first-order valence-corrected chi connectivity index (χ1v) is 6.88. The van der Waals surface area contributed by atoms with E-state index in [0.29, 0.717) is 18.0 Å². The number of nitrogens with zero attached hydrogens (tertiary/aromatic N) is 2. The molecule has 0 unspecified atom stereocenters. The molecule has 6 nitrogen and oxygen atoms in total. The summed E-state index contributed by atoms with van der Waals surface area (Å²) >= 11 is 0. The van der Waals surface area contributed by atoms with Crippen molar-refractivity contribution in [1.29, 1.82) is 0 Å². The van der Waals surface area contributed by atoms with Gasteiger partial charge in [-0.2, -0.15) is 5.10 Å². The largest absolute Gasteiger partial charge is 0.485 e. The zero-order valence-corrected chi connectivity index (χ0v) is 11.7. The molecule has 0 fully saturated rings. The predicted molar refractivity (Wildman–Crippen MR) is 76.2 cm³/mol. The van der Waals surface area contributed by atoms with Crippen molar-refractivity contribution in [2.75, 3.05) is 6.61 Å². The highest BCUT2D eigenvalue weighted by atomic mass is 16.6. The van der Waals surface area contributed by atoms with Crippen LogP contribution in [0.15, 0.2) is 42.7 Å². The van der Waals surface area contributed by atoms with Crippen molar-refractivity contribution in [2.45, 2.75) is 25.6 Å². The van der Waals surface area contributed by atoms with Crippen LogP contribution in [0, 0.1) is 0 Å². The molecule has 1 N–H and O–H groups in total. The first-order chi connectivity index (χ1) is 10.2. The van der Waals surface area contributed by atoms with Gasteiger partial charge >= 0.3 is 0 Å². The number of carbonyl (C=O) groups excluding carboxylic acids is 1. The molecule has 1 aromatic carbocycles. The van der Waals surface area contributed by atoms with Crippen LogP contribution in [0.1, 0.15) is 6.92 Å². The number of rotatable bonds is 4. The van der Waals surface area contributed by atoms with Gasteiger partial charge in [0.2, 0.25) is 6.10 Å². The van der Waals surface area contributed by atoms with Crippen molar-refractivity contribution in [3.63, 3.8) is 0 Å². The van der Waals surface area contributed by atoms with E-state index in [0.717, 1.165) is 0 Å². The van der Waals surface area contributed by atoms with Gasteiger partial charge in [-0.1, -0.05) is 12.1 Å². The average Bonchev–Trinajstić information content (AvgIpc) is 2.99. The molecule has 1 amide bonds. The molecule has 0 radical (unpaired) electrons. The maximum atomic E-state index is 12.2. The number of hydrogen-bond donors (Lipinski definition) is 1. The number of carbonyl (C=O) groups is 1. The van der Waals surface area contributed by atoms with Crippen molar-refractivity contribution in [3.8, 4) is 11.5 Å². The number of benzene rings is 1. The molecular weight excluding hydrogens is 270 g/mol. The summed E-state index contributed by atoms with van der Waals surface area (Å²) in [5.74, 6) is 1.10. The first-order valence-electron chi connectivity index (χ1n) is 6.88. The highest BCUT2D eigenvalue weighted by Crippen LogP contribution is 2.30. The molecule has 0 spiro atoms. The van der Waals surface area contributed by atoms with Crippen molar-refractivity contribution < 1.29 is 14.3 Å². The highest BCUT2D eigenvalue weighted by molar-refractivity contribution is 5.82. The van der Waals surface area contributed by atoms with E-state index < -0.39 is 6.10 Å². The molecule has 2 atom stereocenters. The maximum Gasteiger partial charge on any atom is 0.264 e. The third-order valence-electron chi connectivity index (χ3n) is 3.21. The van der Waals surface area contributed by atoms with Crippen LogP contribution in [0.2, 0.25) is 0 Å². The van der Waals surface area contributed by atoms with Crippen LogP contribution in [-0.4, -0.2) is 34.4 Å². The topological polar surface area (TPSA) is 65.4 Å². The van der Waals surface area contributed by atoms with Crippen LogP contribution in [0.4, 0.5) is 0 Å². The van der Waals surface area contributed by atoms with Gasteiger partial charge in [0.25, 0.3) is 5.91 Å². The third kappa shape index (κ3) is 3.16. The Morgan fingerprint density at radius 1 is 1.43 bits per heavy atom. The molecule has 1 aliphatic rings. The lowest BCUT2D eigenvalue weighted by molar-refractivity contribution is -0.131. The summed E-state index contributed by atoms with van der Waals surface area (Å²) in [6.07, 6.45) is 2.95. The van der Waals surface area contributed by atoms with Crippen LogP contribution < -0.4 is 14.8 Å². The summed E-state index contributed by atoms with van der Waals surface area (Å²) in [6, 6.07) is 9.14. The SMILES string of the molecule is C[C@H](Cn1cccn1)NC(=O)[C@@H]1COc2ccccc2O1. The Labute approximate surface area is 122 Å². The van der Waals surface area contributed by atoms with E-state index >= 15 is 0 Å². The third-order valence-corrected chi connectivity index (χ3v) is 3.21. The summed E-state index contributed by atoms with van der Waals surface area (Å²) in [7, 11) is 0. The second-order valence-corrected chi connectivity index (χ2v) is 5.00. The quantitative estimate of drug-likeness (QED) is 0.918. The Morgan fingerprint density at radius 3 is 3.00 bits per heavy atom. The molecule has 110 valence electrons. The average molecular weight is 287 g/mol. The lowest BCUT2D eigenvalue weighted by Gasteiger charge is -2.26. The Bertz CT molecular complexity index is 612. The molecule has 6 heteroatoms. The lowest BCUT2D eigenvalue weighted by atomic mass is 10.2. The molecular formula is C15H17N3O3. The number of fused-ring (bicyclic) bond motifs is 1. The number of aromatic nitrogens is 2. The zero-order valence-electron chi connectivity index (χ0n) is 11.7. The van der Waals surface area contributed by atoms with Crippen LogP contribution in [0.25, 0.3) is 0 Å². The second kappa shape index (κ2) is 5.87. The lowest BCUT2D eigenvalue weighted by Crippen LogP contribution is -2.47. The fourth-order valence-electron chi connectivity index (χ4n) is 2.22. The molecule has 0 aliphatic carbocycles. The van der Waals surface area contributed by atoms with Gasteiger partial charge in [0, 0.05) is 18.4 Å². The minimum atomic E-state index is -0.625. The van der Waals surface area contributed by atoms with Gasteiger partial charge < -0.3 is 14.8 Å². The minimum absolute atomic E-state index is 0.0434. The fourth-order valence-corrected chi connectivity index (χ4v) is 2.22. The Morgan fingerprint density at radius 2 is 2.24 bits per heavy atom. The van der Waals surface area contributed by atoms with E-state index in [4.69, 9.17) is 9.47 Å². The minimum Gasteiger partial charge on any atom is -0.485 e. The second-order valence-electron chi connectivity index (χ2n) is 5.00. The molecule has 2 heterocycles. The number of nitrogens with one attached hydrogen (secondary N) is 1. The van der Waals surface area contributed by atoms with Gasteiger partial charge in [-0.05, 0) is 25.1 Å². The smallest absolute Gasteiger partial charge is 0.264 e. The van der Waals surface area contributed by atoms with Gasteiger partial charge in [0.05, 0.1) is 6.54 Å². The van der Waals surface area contributed by atoms with Crippen LogP contribution in [0.3, 0.4) is 0 Å². The monoisotopic (exact) mass is 287 g/mol. The highest BCUT2D eigenvalue weighted by Gasteiger charge is 2.27. The molecule has 2 aromatic rings. The van der Waals surface area contributed by atoms with Gasteiger partial charge in [0.1, 0.15) is 6.61 Å². The first kappa shape index (κ1) is 13.5. The van der Waals surface area contributed by atoms with E-state index in [1.165, 1.54) is 0 Å². The van der Waals surface area contributed by atoms with Gasteiger partial charge in [-0.3, -0.25) is 9.48 Å². The summed E-state index contributed by atoms with van der Waals surface area (Å²) in [5, 5.41) is 7.03. The van der Waals surface area contributed by atoms with Crippen molar-refractivity contribution in [3.05, 3.63) is 42.7 Å². The molecule has 1 aromatic heterocycles. The maximum absolute atomic E-state index is 12.2. The van der Waals surface area contributed by atoms with E-state index in [-0.39, 0.29) is 18.6 Å².